The third kappa shape index (κ3) is 11.6. The van der Waals surface area contributed by atoms with Crippen LogP contribution in [0.5, 0.6) is 0 Å². The minimum Gasteiger partial charge on any atom is -0.480 e. The Kier molecular flexibility index (Phi) is 15.1. The number of nitrogens with two attached hydrogens (primary N) is 1. The zero-order valence-corrected chi connectivity index (χ0v) is 15.0. The molecule has 109 valence electrons. The minimum absolute atomic E-state index is 0. The number of rotatable bonds is 6. The van der Waals surface area contributed by atoms with Crippen molar-refractivity contribution in [1.82, 2.24) is 10.3 Å². The largest absolute Gasteiger partial charge is 0.480 e. The van der Waals surface area contributed by atoms with Crippen molar-refractivity contribution in [1.29, 1.82) is 0 Å². The van der Waals surface area contributed by atoms with E-state index in [0.717, 1.165) is 0 Å². The Balaban J connectivity index is -0.000000256. The summed E-state index contributed by atoms with van der Waals surface area (Å²) in [5, 5.41) is 20.9. The van der Waals surface area contributed by atoms with Crippen molar-refractivity contribution in [3.8, 4) is 0 Å². The van der Waals surface area contributed by atoms with Crippen LogP contribution in [0.4, 0.5) is 0 Å². The standard InChI is InChI=1S/C5H11NO2S.C4H11N3O2.Na/c1-5(2,9)3(6)4(7)8;1-3-6(4-2)7(9)5-8;/h3,9H,6H2,1-2H3,(H,7,8);9H,3-4H2,1-2H3;/t3-;;/m1../s1. The van der Waals surface area contributed by atoms with Crippen molar-refractivity contribution < 1.29 is 15.1 Å². The van der Waals surface area contributed by atoms with Crippen LogP contribution in [0.2, 0.25) is 0 Å². The predicted octanol–water partition coefficient (Wildman–Crippen LogP) is 0.342. The smallest absolute Gasteiger partial charge is 0.321 e. The van der Waals surface area contributed by atoms with Gasteiger partial charge >= 0.3 is 5.97 Å². The molecule has 1 atom stereocenters. The van der Waals surface area contributed by atoms with Gasteiger partial charge in [0.05, 0.1) is 5.29 Å². The molecule has 0 aliphatic rings. The molecule has 0 fully saturated rings. The Hall–Kier alpha value is 0.100. The molecule has 0 saturated heterocycles. The number of thiol groups is 1. The number of carboxylic acid groups (broad SMARTS) is 1. The first-order chi connectivity index (χ1) is 8.11. The first kappa shape index (κ1) is 24.1. The second-order valence-electron chi connectivity index (χ2n) is 3.96. The van der Waals surface area contributed by atoms with Gasteiger partial charge in [0.2, 0.25) is 0 Å². The van der Waals surface area contributed by atoms with E-state index < -0.39 is 16.8 Å². The number of aliphatic carboxylic acids is 1. The van der Waals surface area contributed by atoms with Gasteiger partial charge in [0.1, 0.15) is 6.04 Å². The molecule has 1 radical (unpaired) electrons. The zero-order chi connectivity index (χ0) is 14.9. The molecule has 0 spiro atoms. The van der Waals surface area contributed by atoms with E-state index in [2.05, 4.69) is 17.9 Å². The summed E-state index contributed by atoms with van der Waals surface area (Å²) in [5.74, 6) is -1.02. The van der Waals surface area contributed by atoms with Crippen LogP contribution >= 0.6 is 12.6 Å². The van der Waals surface area contributed by atoms with Crippen molar-refractivity contribution in [2.24, 2.45) is 11.0 Å². The van der Waals surface area contributed by atoms with Gasteiger partial charge in [-0.2, -0.15) is 17.6 Å². The van der Waals surface area contributed by atoms with Crippen molar-refractivity contribution in [2.75, 3.05) is 13.1 Å². The Morgan fingerprint density at radius 2 is 1.79 bits per heavy atom. The van der Waals surface area contributed by atoms with Crippen molar-refractivity contribution in [3.63, 3.8) is 0 Å². The van der Waals surface area contributed by atoms with Gasteiger partial charge in [-0.15, -0.1) is 4.91 Å². The van der Waals surface area contributed by atoms with Crippen LogP contribution in [0, 0.1) is 4.91 Å². The summed E-state index contributed by atoms with van der Waals surface area (Å²) in [7, 11) is 0. The van der Waals surface area contributed by atoms with Gasteiger partial charge in [0.25, 0.3) is 0 Å². The molecule has 0 rings (SSSR count). The van der Waals surface area contributed by atoms with Crippen molar-refractivity contribution >= 4 is 48.2 Å². The molecular weight excluding hydrogens is 283 g/mol. The summed E-state index contributed by atoms with van der Waals surface area (Å²) in [6, 6.07) is -0.902. The second-order valence-corrected chi connectivity index (χ2v) is 5.11. The number of hydrogen-bond acceptors (Lipinski definition) is 7. The summed E-state index contributed by atoms with van der Waals surface area (Å²) in [4.78, 5) is 19.8. The topological polar surface area (TPSA) is 119 Å². The van der Waals surface area contributed by atoms with Gasteiger partial charge in [-0.25, -0.2) is 0 Å². The Bertz CT molecular complexity index is 261. The van der Waals surface area contributed by atoms with Crippen LogP contribution < -0.4 is 5.73 Å². The van der Waals surface area contributed by atoms with E-state index in [1.54, 1.807) is 13.8 Å². The average Bonchev–Trinajstić information content (AvgIpc) is 2.28. The van der Waals surface area contributed by atoms with Gasteiger partial charge in [0, 0.05) is 47.4 Å². The van der Waals surface area contributed by atoms with E-state index in [1.165, 1.54) is 5.01 Å². The van der Waals surface area contributed by atoms with Crippen molar-refractivity contribution in [3.05, 3.63) is 4.91 Å². The number of carbonyl (C=O) groups is 1. The Morgan fingerprint density at radius 3 is 1.84 bits per heavy atom. The van der Waals surface area contributed by atoms with Crippen LogP contribution in [0.3, 0.4) is 0 Å². The maximum atomic E-state index is 10.2. The van der Waals surface area contributed by atoms with Crippen molar-refractivity contribution in [2.45, 2.75) is 38.5 Å². The quantitative estimate of drug-likeness (QED) is 0.242. The maximum absolute atomic E-state index is 10.2. The molecule has 0 unspecified atom stereocenters. The Morgan fingerprint density at radius 1 is 1.42 bits per heavy atom. The molecule has 0 amide bonds. The van der Waals surface area contributed by atoms with Crippen LogP contribution in [0.1, 0.15) is 27.7 Å². The van der Waals surface area contributed by atoms with E-state index in [0.29, 0.717) is 18.4 Å². The summed E-state index contributed by atoms with van der Waals surface area (Å²) < 4.78 is -0.647. The summed E-state index contributed by atoms with van der Waals surface area (Å²) in [6.45, 7) is 8.09. The molecule has 8 nitrogen and oxygen atoms in total. The molecule has 0 aromatic rings. The molecule has 0 aromatic carbocycles. The maximum Gasteiger partial charge on any atom is 0.321 e. The normalized spacial score (nSPS) is 11.8. The molecule has 4 N–H and O–H groups in total. The van der Waals surface area contributed by atoms with Crippen LogP contribution in [-0.2, 0) is 4.79 Å². The first-order valence-corrected chi connectivity index (χ1v) is 5.84. The van der Waals surface area contributed by atoms with Crippen LogP contribution in [0.15, 0.2) is 5.29 Å². The number of carboxylic acids is 1. The summed E-state index contributed by atoms with van der Waals surface area (Å²) in [6.07, 6.45) is 0. The SMILES string of the molecule is CC(C)(S)[C@H](N)C(=O)O.CCN(CC)N(O)N=O.[Na]. The minimum atomic E-state index is -1.02. The molecular formula is C9H22N4NaO4S. The van der Waals surface area contributed by atoms with E-state index in [4.69, 9.17) is 16.0 Å². The number of nitroso groups, excluding NO2 is 1. The van der Waals surface area contributed by atoms with E-state index in [1.807, 2.05) is 13.8 Å². The van der Waals surface area contributed by atoms with Gasteiger partial charge in [-0.3, -0.25) is 10.0 Å². The zero-order valence-electron chi connectivity index (χ0n) is 12.1. The monoisotopic (exact) mass is 305 g/mol. The fourth-order valence-corrected chi connectivity index (χ4v) is 0.941. The summed E-state index contributed by atoms with van der Waals surface area (Å²) >= 11 is 3.98. The molecule has 0 aliphatic heterocycles. The number of hydrazine groups is 1. The predicted molar refractivity (Wildman–Crippen MR) is 76.8 cm³/mol. The Labute approximate surface area is 140 Å². The van der Waals surface area contributed by atoms with E-state index in [9.17, 15) is 9.70 Å². The fraction of sp³-hybridized carbons (Fsp3) is 0.889. The van der Waals surface area contributed by atoms with Crippen LogP contribution in [-0.4, -0.2) is 80.0 Å². The molecule has 10 heteroatoms. The first-order valence-electron chi connectivity index (χ1n) is 5.39. The van der Waals surface area contributed by atoms with Gasteiger partial charge in [0.15, 0.2) is 0 Å². The molecule has 0 bridgehead atoms. The van der Waals surface area contributed by atoms with Crippen LogP contribution in [0.25, 0.3) is 0 Å². The molecule has 19 heavy (non-hydrogen) atoms. The molecule has 0 aliphatic carbocycles. The van der Waals surface area contributed by atoms with Gasteiger partial charge in [-0.05, 0) is 13.8 Å². The summed E-state index contributed by atoms with van der Waals surface area (Å²) in [5.41, 5.74) is 5.22. The van der Waals surface area contributed by atoms with Gasteiger partial charge in [-0.1, -0.05) is 19.1 Å². The van der Waals surface area contributed by atoms with Gasteiger partial charge < -0.3 is 10.8 Å². The average molecular weight is 305 g/mol. The molecule has 0 saturated carbocycles. The third-order valence-corrected chi connectivity index (χ3v) is 2.36. The number of hydrogen-bond donors (Lipinski definition) is 4. The number of nitrogens with zero attached hydrogens (tertiary/aromatic N) is 3. The molecule has 0 aromatic heterocycles. The van der Waals surface area contributed by atoms with E-state index in [-0.39, 0.29) is 29.6 Å². The molecule has 0 heterocycles. The second kappa shape index (κ2) is 11.9. The third-order valence-electron chi connectivity index (χ3n) is 2.08. The van der Waals surface area contributed by atoms with E-state index >= 15 is 0 Å². The fourth-order valence-electron chi connectivity index (χ4n) is 0.830.